The molecule has 0 amide bonds. The predicted molar refractivity (Wildman–Crippen MR) is 91.4 cm³/mol. The quantitative estimate of drug-likeness (QED) is 0.886. The van der Waals surface area contributed by atoms with E-state index in [1.165, 1.54) is 43.2 Å². The van der Waals surface area contributed by atoms with Gasteiger partial charge in [-0.25, -0.2) is 0 Å². The molecule has 1 aromatic rings. The first kappa shape index (κ1) is 15.2. The zero-order valence-corrected chi connectivity index (χ0v) is 14.1. The van der Waals surface area contributed by atoms with Crippen molar-refractivity contribution < 1.29 is 4.74 Å². The normalized spacial score (nSPS) is 24.2. The summed E-state index contributed by atoms with van der Waals surface area (Å²) in [7, 11) is 0. The number of thioether (sulfide) groups is 1. The summed E-state index contributed by atoms with van der Waals surface area (Å²) in [4.78, 5) is 0. The van der Waals surface area contributed by atoms with Gasteiger partial charge in [-0.2, -0.15) is 11.8 Å². The third-order valence-corrected chi connectivity index (χ3v) is 6.54. The molecule has 1 atom stereocenters. The largest absolute Gasteiger partial charge is 0.493 e. The number of fused-ring (bicyclic) bond motifs is 1. The van der Waals surface area contributed by atoms with Crippen molar-refractivity contribution in [2.24, 2.45) is 0 Å². The lowest BCUT2D eigenvalue weighted by atomic mass is 9.98. The summed E-state index contributed by atoms with van der Waals surface area (Å²) in [5.41, 5.74) is 2.63. The fourth-order valence-electron chi connectivity index (χ4n) is 3.76. The lowest BCUT2D eigenvalue weighted by Gasteiger charge is -2.30. The average Bonchev–Trinajstić information content (AvgIpc) is 2.87. The summed E-state index contributed by atoms with van der Waals surface area (Å²) in [6.45, 7) is 4.14. The van der Waals surface area contributed by atoms with E-state index >= 15 is 0 Å². The van der Waals surface area contributed by atoms with Crippen LogP contribution < -0.4 is 10.1 Å². The molecule has 0 spiro atoms. The Hall–Kier alpha value is -0.670. The van der Waals surface area contributed by atoms with Gasteiger partial charge >= 0.3 is 0 Å². The molecule has 0 radical (unpaired) electrons. The van der Waals surface area contributed by atoms with Gasteiger partial charge in [-0.3, -0.25) is 0 Å². The Morgan fingerprint density at radius 1 is 1.29 bits per heavy atom. The Balaban J connectivity index is 1.75. The van der Waals surface area contributed by atoms with Crippen LogP contribution in [0, 0.1) is 6.92 Å². The number of nitrogens with one attached hydrogen (secondary N) is 1. The van der Waals surface area contributed by atoms with Gasteiger partial charge < -0.3 is 10.1 Å². The highest BCUT2D eigenvalue weighted by atomic mass is 32.2. The summed E-state index contributed by atoms with van der Waals surface area (Å²) in [5.74, 6) is 1.12. The molecule has 1 N–H and O–H groups in total. The highest BCUT2D eigenvalue weighted by molar-refractivity contribution is 8.00. The van der Waals surface area contributed by atoms with E-state index < -0.39 is 0 Å². The smallest absolute Gasteiger partial charge is 0.126 e. The highest BCUT2D eigenvalue weighted by Crippen LogP contribution is 2.41. The Morgan fingerprint density at radius 3 is 2.86 bits per heavy atom. The fourth-order valence-corrected chi connectivity index (χ4v) is 4.68. The molecular weight excluding hydrogens is 278 g/mol. The second-order valence-electron chi connectivity index (χ2n) is 6.51. The maximum Gasteiger partial charge on any atom is 0.126 e. The predicted octanol–water partition coefficient (Wildman–Crippen LogP) is 4.47. The lowest BCUT2D eigenvalue weighted by molar-refractivity contribution is 0.313. The van der Waals surface area contributed by atoms with E-state index in [-0.39, 0.29) is 0 Å². The zero-order valence-electron chi connectivity index (χ0n) is 13.3. The van der Waals surface area contributed by atoms with E-state index in [1.54, 1.807) is 0 Å². The van der Waals surface area contributed by atoms with Crippen molar-refractivity contribution in [2.75, 3.05) is 19.4 Å². The molecule has 21 heavy (non-hydrogen) atoms. The molecule has 0 bridgehead atoms. The SMILES string of the molecule is CSC1(CNC2CCCOc3c(C)cccc32)CCCC1. The van der Waals surface area contributed by atoms with Crippen LogP contribution in [-0.4, -0.2) is 24.2 Å². The molecule has 0 aromatic heterocycles. The first-order valence-electron chi connectivity index (χ1n) is 8.25. The molecule has 1 unspecified atom stereocenters. The van der Waals surface area contributed by atoms with Crippen LogP contribution in [0.2, 0.25) is 0 Å². The molecule has 1 fully saturated rings. The molecule has 2 nitrogen and oxygen atoms in total. The standard InChI is InChI=1S/C18H27NOS/c1-14-7-5-8-15-16(9-6-12-20-17(14)15)19-13-18(21-2)10-3-4-11-18/h5,7-8,16,19H,3-4,6,9-13H2,1-2H3. The molecule has 3 heteroatoms. The molecule has 2 aliphatic rings. The van der Waals surface area contributed by atoms with Crippen molar-refractivity contribution >= 4 is 11.8 Å². The topological polar surface area (TPSA) is 21.3 Å². The number of aryl methyl sites for hydroxylation is 1. The lowest BCUT2D eigenvalue weighted by Crippen LogP contribution is -2.37. The van der Waals surface area contributed by atoms with Crippen molar-refractivity contribution in [1.29, 1.82) is 0 Å². The molecule has 3 rings (SSSR count). The number of hydrogen-bond donors (Lipinski definition) is 1. The van der Waals surface area contributed by atoms with Crippen LogP contribution >= 0.6 is 11.8 Å². The van der Waals surface area contributed by atoms with Crippen molar-refractivity contribution in [3.63, 3.8) is 0 Å². The highest BCUT2D eigenvalue weighted by Gasteiger charge is 2.33. The first-order chi connectivity index (χ1) is 10.2. The van der Waals surface area contributed by atoms with Crippen LogP contribution in [0.3, 0.4) is 0 Å². The molecule has 1 aliphatic carbocycles. The van der Waals surface area contributed by atoms with E-state index in [9.17, 15) is 0 Å². The van der Waals surface area contributed by atoms with Gasteiger partial charge in [-0.1, -0.05) is 31.0 Å². The Morgan fingerprint density at radius 2 is 2.10 bits per heavy atom. The Kier molecular flexibility index (Phi) is 4.80. The first-order valence-corrected chi connectivity index (χ1v) is 9.47. The summed E-state index contributed by atoms with van der Waals surface area (Å²) >= 11 is 2.06. The molecule has 1 heterocycles. The number of ether oxygens (including phenoxy) is 1. The maximum atomic E-state index is 5.99. The fraction of sp³-hybridized carbons (Fsp3) is 0.667. The van der Waals surface area contributed by atoms with Crippen LogP contribution in [0.1, 0.15) is 55.7 Å². The maximum absolute atomic E-state index is 5.99. The van der Waals surface area contributed by atoms with Crippen molar-refractivity contribution in [3.05, 3.63) is 29.3 Å². The monoisotopic (exact) mass is 305 g/mol. The summed E-state index contributed by atoms with van der Waals surface area (Å²) in [6.07, 6.45) is 10.1. The Labute approximate surface area is 133 Å². The summed E-state index contributed by atoms with van der Waals surface area (Å²) < 4.78 is 6.46. The number of rotatable bonds is 4. The van der Waals surface area contributed by atoms with Gasteiger partial charge in [0, 0.05) is 22.9 Å². The number of hydrogen-bond acceptors (Lipinski definition) is 3. The third kappa shape index (κ3) is 3.24. The van der Waals surface area contributed by atoms with E-state index in [2.05, 4.69) is 48.5 Å². The van der Waals surface area contributed by atoms with Gasteiger partial charge in [0.05, 0.1) is 6.61 Å². The molecular formula is C18H27NOS. The third-order valence-electron chi connectivity index (χ3n) is 5.12. The van der Waals surface area contributed by atoms with Crippen LogP contribution in [0.4, 0.5) is 0 Å². The van der Waals surface area contributed by atoms with Crippen LogP contribution in [-0.2, 0) is 0 Å². The van der Waals surface area contributed by atoms with Gasteiger partial charge in [0.2, 0.25) is 0 Å². The molecule has 1 aromatic carbocycles. The van der Waals surface area contributed by atoms with Gasteiger partial charge in [0.15, 0.2) is 0 Å². The van der Waals surface area contributed by atoms with Crippen molar-refractivity contribution in [1.82, 2.24) is 5.32 Å². The zero-order chi connectivity index (χ0) is 14.7. The minimum absolute atomic E-state index is 0.451. The molecule has 116 valence electrons. The van der Waals surface area contributed by atoms with Crippen molar-refractivity contribution in [2.45, 2.75) is 56.2 Å². The van der Waals surface area contributed by atoms with E-state index in [1.807, 2.05) is 0 Å². The van der Waals surface area contributed by atoms with Gasteiger partial charge in [-0.05, 0) is 44.4 Å². The molecule has 1 saturated carbocycles. The number of benzene rings is 1. The van der Waals surface area contributed by atoms with Gasteiger partial charge in [-0.15, -0.1) is 0 Å². The van der Waals surface area contributed by atoms with Gasteiger partial charge in [0.1, 0.15) is 5.75 Å². The minimum Gasteiger partial charge on any atom is -0.493 e. The summed E-state index contributed by atoms with van der Waals surface area (Å²) in [5, 5.41) is 3.88. The van der Waals surface area contributed by atoms with Crippen LogP contribution in [0.25, 0.3) is 0 Å². The van der Waals surface area contributed by atoms with E-state index in [0.29, 0.717) is 10.8 Å². The minimum atomic E-state index is 0.451. The van der Waals surface area contributed by atoms with E-state index in [0.717, 1.165) is 25.3 Å². The average molecular weight is 305 g/mol. The second-order valence-corrected chi connectivity index (χ2v) is 7.79. The number of para-hydroxylation sites is 1. The Bertz CT molecular complexity index is 482. The van der Waals surface area contributed by atoms with Gasteiger partial charge in [0.25, 0.3) is 0 Å². The van der Waals surface area contributed by atoms with Crippen LogP contribution in [0.15, 0.2) is 18.2 Å². The molecule has 1 aliphatic heterocycles. The summed E-state index contributed by atoms with van der Waals surface area (Å²) in [6, 6.07) is 7.01. The van der Waals surface area contributed by atoms with Crippen molar-refractivity contribution in [3.8, 4) is 5.75 Å². The molecule has 0 saturated heterocycles. The second kappa shape index (κ2) is 6.62. The van der Waals surface area contributed by atoms with Crippen LogP contribution in [0.5, 0.6) is 5.75 Å². The van der Waals surface area contributed by atoms with E-state index in [4.69, 9.17) is 4.74 Å².